The van der Waals surface area contributed by atoms with Crippen LogP contribution in [0.15, 0.2) is 46.6 Å². The Labute approximate surface area is 180 Å². The molecule has 0 aromatic heterocycles. The number of carboxylic acid groups (broad SMARTS) is 1. The van der Waals surface area contributed by atoms with Gasteiger partial charge in [0.05, 0.1) is 19.7 Å². The molecular formula is C20H17F2N3O5S. The molecule has 8 nitrogen and oxygen atoms in total. The van der Waals surface area contributed by atoms with Gasteiger partial charge in [-0.2, -0.15) is 5.10 Å². The minimum atomic E-state index is -1.08. The highest BCUT2D eigenvalue weighted by Crippen LogP contribution is 2.24. The molecule has 1 heterocycles. The summed E-state index contributed by atoms with van der Waals surface area (Å²) in [5.41, 5.74) is 1.22. The molecule has 0 saturated carbocycles. The maximum atomic E-state index is 13.8. The normalized spacial score (nSPS) is 17.2. The summed E-state index contributed by atoms with van der Waals surface area (Å²) in [4.78, 5) is 22.4. The van der Waals surface area contributed by atoms with E-state index in [-0.39, 0.29) is 23.9 Å². The maximum Gasteiger partial charge on any atom is 0.305 e. The van der Waals surface area contributed by atoms with Crippen molar-refractivity contribution in [1.29, 1.82) is 0 Å². The molecule has 11 heteroatoms. The van der Waals surface area contributed by atoms with Crippen LogP contribution < -0.4 is 14.8 Å². The molecule has 0 bridgehead atoms. The van der Waals surface area contributed by atoms with Crippen LogP contribution in [-0.2, 0) is 16.2 Å². The van der Waals surface area contributed by atoms with Crippen molar-refractivity contribution in [3.05, 3.63) is 59.2 Å². The number of halogens is 2. The Morgan fingerprint density at radius 1 is 1.26 bits per heavy atom. The van der Waals surface area contributed by atoms with Gasteiger partial charge < -0.3 is 19.9 Å². The Morgan fingerprint density at radius 2 is 2.03 bits per heavy atom. The highest BCUT2D eigenvalue weighted by atomic mass is 32.2. The van der Waals surface area contributed by atoms with Crippen LogP contribution in [-0.4, -0.2) is 40.7 Å². The van der Waals surface area contributed by atoms with Gasteiger partial charge in [0, 0.05) is 11.6 Å². The fourth-order valence-electron chi connectivity index (χ4n) is 2.63. The lowest BCUT2D eigenvalue weighted by Gasteiger charge is -2.11. The number of hydrogen-bond acceptors (Lipinski definition) is 7. The highest BCUT2D eigenvalue weighted by Gasteiger charge is 2.32. The van der Waals surface area contributed by atoms with E-state index in [0.717, 1.165) is 23.9 Å². The molecule has 1 aliphatic rings. The van der Waals surface area contributed by atoms with Gasteiger partial charge in [-0.05, 0) is 35.9 Å². The molecule has 2 aromatic rings. The van der Waals surface area contributed by atoms with E-state index in [4.69, 9.17) is 14.6 Å². The van der Waals surface area contributed by atoms with Gasteiger partial charge in [-0.3, -0.25) is 9.59 Å². The van der Waals surface area contributed by atoms with Gasteiger partial charge in [0.15, 0.2) is 16.7 Å². The number of carboxylic acids is 1. The number of nitrogens with one attached hydrogen (secondary N) is 1. The lowest BCUT2D eigenvalue weighted by Crippen LogP contribution is -2.26. The van der Waals surface area contributed by atoms with E-state index >= 15 is 0 Å². The van der Waals surface area contributed by atoms with Crippen molar-refractivity contribution in [2.24, 2.45) is 10.2 Å². The number of carbonyl (C=O) groups excluding carboxylic acids is 1. The number of aliphatic carboxylic acids is 1. The summed E-state index contributed by atoms with van der Waals surface area (Å²) in [6, 6.07) is 8.09. The highest BCUT2D eigenvalue weighted by molar-refractivity contribution is 8.15. The molecule has 0 radical (unpaired) electrons. The van der Waals surface area contributed by atoms with Crippen LogP contribution in [0.5, 0.6) is 11.5 Å². The Bertz CT molecular complexity index is 1060. The lowest BCUT2D eigenvalue weighted by atomic mass is 10.1. The van der Waals surface area contributed by atoms with Crippen molar-refractivity contribution in [3.63, 3.8) is 0 Å². The Morgan fingerprint density at radius 3 is 2.74 bits per heavy atom. The molecule has 31 heavy (non-hydrogen) atoms. The van der Waals surface area contributed by atoms with Crippen LogP contribution in [0.3, 0.4) is 0 Å². The molecule has 2 aromatic carbocycles. The molecule has 162 valence electrons. The van der Waals surface area contributed by atoms with E-state index in [9.17, 15) is 18.4 Å². The summed E-state index contributed by atoms with van der Waals surface area (Å²) in [5, 5.41) is 18.5. The first kappa shape index (κ1) is 22.2. The Balaban J connectivity index is 1.68. The summed E-state index contributed by atoms with van der Waals surface area (Å²) in [6.07, 6.45) is 1.11. The maximum absolute atomic E-state index is 13.8. The molecule has 0 spiro atoms. The van der Waals surface area contributed by atoms with Crippen LogP contribution in [0.25, 0.3) is 0 Å². The molecule has 1 atom stereocenters. The predicted octanol–water partition coefficient (Wildman–Crippen LogP) is 2.95. The van der Waals surface area contributed by atoms with E-state index in [2.05, 4.69) is 15.5 Å². The number of rotatable bonds is 8. The topological polar surface area (TPSA) is 110 Å². The standard InChI is InChI=1S/C20H17F2N3O5S/c1-29-15-4-2-11(6-12(15)10-30-16-5-3-13(21)7-14(16)22)9-23-25-20-24-19(28)17(31-20)8-18(26)27/h2-7,9,17H,8,10H2,1H3,(H,26,27)(H,24,25,28). The number of ether oxygens (including phenoxy) is 2. The first-order valence-electron chi connectivity index (χ1n) is 8.91. The molecule has 2 N–H and O–H groups in total. The lowest BCUT2D eigenvalue weighted by molar-refractivity contribution is -0.138. The third-order valence-corrected chi connectivity index (χ3v) is 5.15. The van der Waals surface area contributed by atoms with Crippen LogP contribution in [0.2, 0.25) is 0 Å². The predicted molar refractivity (Wildman–Crippen MR) is 110 cm³/mol. The van der Waals surface area contributed by atoms with Crippen LogP contribution in [0.4, 0.5) is 8.78 Å². The molecule has 1 aliphatic heterocycles. The number of methoxy groups -OCH3 is 1. The Kier molecular flexibility index (Phi) is 7.19. The second-order valence-electron chi connectivity index (χ2n) is 6.28. The summed E-state index contributed by atoms with van der Waals surface area (Å²) in [6.45, 7) is -0.0370. The van der Waals surface area contributed by atoms with Crippen molar-refractivity contribution >= 4 is 35.0 Å². The van der Waals surface area contributed by atoms with Crippen LogP contribution >= 0.6 is 11.8 Å². The van der Waals surface area contributed by atoms with Crippen LogP contribution in [0, 0.1) is 11.6 Å². The second kappa shape index (κ2) is 10.0. The van der Waals surface area contributed by atoms with Crippen LogP contribution in [0.1, 0.15) is 17.5 Å². The van der Waals surface area contributed by atoms with Crippen molar-refractivity contribution in [3.8, 4) is 11.5 Å². The van der Waals surface area contributed by atoms with E-state index < -0.39 is 28.8 Å². The summed E-state index contributed by atoms with van der Waals surface area (Å²) in [7, 11) is 1.48. The fraction of sp³-hybridized carbons (Fsp3) is 0.200. The van der Waals surface area contributed by atoms with Crippen molar-refractivity contribution in [1.82, 2.24) is 5.32 Å². The molecule has 1 fully saturated rings. The zero-order valence-corrected chi connectivity index (χ0v) is 17.0. The van der Waals surface area contributed by atoms with Crippen molar-refractivity contribution in [2.45, 2.75) is 18.3 Å². The van der Waals surface area contributed by atoms with E-state index in [1.54, 1.807) is 18.2 Å². The number of thioether (sulfide) groups is 1. The molecular weight excluding hydrogens is 432 g/mol. The van der Waals surface area contributed by atoms with E-state index in [1.807, 2.05) is 0 Å². The molecule has 0 aliphatic carbocycles. The van der Waals surface area contributed by atoms with Crippen molar-refractivity contribution < 1.29 is 33.0 Å². The van der Waals surface area contributed by atoms with Crippen molar-refractivity contribution in [2.75, 3.05) is 7.11 Å². The first-order valence-corrected chi connectivity index (χ1v) is 9.79. The molecule has 1 unspecified atom stereocenters. The summed E-state index contributed by atoms with van der Waals surface area (Å²) < 4.78 is 37.5. The number of hydrogen-bond donors (Lipinski definition) is 2. The fourth-order valence-corrected chi connectivity index (χ4v) is 3.55. The minimum Gasteiger partial charge on any atom is -0.496 e. The van der Waals surface area contributed by atoms with Gasteiger partial charge in [0.2, 0.25) is 5.91 Å². The largest absolute Gasteiger partial charge is 0.496 e. The van der Waals surface area contributed by atoms with E-state index in [0.29, 0.717) is 16.9 Å². The quantitative estimate of drug-likeness (QED) is 0.474. The Hall–Kier alpha value is -3.47. The zero-order valence-electron chi connectivity index (χ0n) is 16.2. The second-order valence-corrected chi connectivity index (χ2v) is 7.47. The van der Waals surface area contributed by atoms with Gasteiger partial charge in [0.25, 0.3) is 0 Å². The summed E-state index contributed by atoms with van der Waals surface area (Å²) >= 11 is 0.992. The average molecular weight is 449 g/mol. The SMILES string of the molecule is COc1ccc(C=NN=C2NC(=O)C(CC(=O)O)S2)cc1COc1ccc(F)cc1F. The molecule has 3 rings (SSSR count). The smallest absolute Gasteiger partial charge is 0.305 e. The van der Waals surface area contributed by atoms with E-state index in [1.165, 1.54) is 19.4 Å². The first-order chi connectivity index (χ1) is 14.9. The zero-order chi connectivity index (χ0) is 22.4. The van der Waals surface area contributed by atoms with Gasteiger partial charge in [-0.25, -0.2) is 8.78 Å². The van der Waals surface area contributed by atoms with Gasteiger partial charge in [-0.15, -0.1) is 5.10 Å². The molecule has 1 amide bonds. The van der Waals surface area contributed by atoms with Gasteiger partial charge >= 0.3 is 5.97 Å². The monoisotopic (exact) mass is 449 g/mol. The number of benzene rings is 2. The minimum absolute atomic E-state index is 0.0370. The molecule has 1 saturated heterocycles. The third kappa shape index (κ3) is 6.01. The van der Waals surface area contributed by atoms with Gasteiger partial charge in [0.1, 0.15) is 23.4 Å². The third-order valence-electron chi connectivity index (χ3n) is 4.07. The number of amides is 1. The average Bonchev–Trinajstić information content (AvgIpc) is 3.06. The summed E-state index contributed by atoms with van der Waals surface area (Å²) in [5.74, 6) is -2.62. The number of amidine groups is 1. The van der Waals surface area contributed by atoms with Gasteiger partial charge in [-0.1, -0.05) is 11.8 Å². The number of nitrogens with zero attached hydrogens (tertiary/aromatic N) is 2. The number of carbonyl (C=O) groups is 2.